The molecule has 0 saturated carbocycles. The van der Waals surface area contributed by atoms with Gasteiger partial charge in [0.05, 0.1) is 27.2 Å². The van der Waals surface area contributed by atoms with E-state index in [0.29, 0.717) is 30.5 Å². The number of ether oxygens (including phenoxy) is 3. The first-order valence-electron chi connectivity index (χ1n) is 8.59. The Morgan fingerprint density at radius 1 is 1.04 bits per heavy atom. The van der Waals surface area contributed by atoms with Crippen LogP contribution in [0.1, 0.15) is 26.3 Å². The van der Waals surface area contributed by atoms with E-state index in [4.69, 9.17) is 14.2 Å². The van der Waals surface area contributed by atoms with Gasteiger partial charge in [-0.1, -0.05) is 26.8 Å². The summed E-state index contributed by atoms with van der Waals surface area (Å²) < 4.78 is 15.2. The number of amides is 1. The summed E-state index contributed by atoms with van der Waals surface area (Å²) in [5.74, 6) is 0.667. The Bertz CT molecular complexity index is 639. The molecule has 0 heterocycles. The number of methoxy groups -OCH3 is 3. The highest BCUT2D eigenvalue weighted by Crippen LogP contribution is 2.28. The summed E-state index contributed by atoms with van der Waals surface area (Å²) in [5, 5.41) is 0. The lowest BCUT2D eigenvalue weighted by Gasteiger charge is -2.25. The third kappa shape index (κ3) is 6.43. The van der Waals surface area contributed by atoms with E-state index >= 15 is 0 Å². The standard InChI is InChI=1S/C20H29NO5/c1-14(2)12-21(13-15(3)20(23)26-6)19(22)10-8-16-7-9-17(24-4)18(11-16)25-5/h7-11,14-15H,12-13H2,1-6H3/b10-8+. The number of esters is 1. The second-order valence-corrected chi connectivity index (χ2v) is 6.51. The maximum absolute atomic E-state index is 12.6. The largest absolute Gasteiger partial charge is 0.493 e. The van der Waals surface area contributed by atoms with Crippen molar-refractivity contribution in [2.24, 2.45) is 11.8 Å². The molecule has 1 aromatic carbocycles. The molecule has 26 heavy (non-hydrogen) atoms. The maximum Gasteiger partial charge on any atom is 0.310 e. The molecular weight excluding hydrogens is 334 g/mol. The van der Waals surface area contributed by atoms with Gasteiger partial charge in [0.2, 0.25) is 5.91 Å². The molecule has 0 saturated heterocycles. The molecule has 1 unspecified atom stereocenters. The third-order valence-electron chi connectivity index (χ3n) is 3.82. The van der Waals surface area contributed by atoms with Crippen molar-refractivity contribution >= 4 is 18.0 Å². The van der Waals surface area contributed by atoms with Crippen LogP contribution in [0.2, 0.25) is 0 Å². The fraction of sp³-hybridized carbons (Fsp3) is 0.500. The first-order valence-corrected chi connectivity index (χ1v) is 8.59. The molecule has 1 atom stereocenters. The number of hydrogen-bond donors (Lipinski definition) is 0. The number of carbonyl (C=O) groups is 2. The Balaban J connectivity index is 2.91. The van der Waals surface area contributed by atoms with Crippen molar-refractivity contribution in [3.63, 3.8) is 0 Å². The monoisotopic (exact) mass is 363 g/mol. The van der Waals surface area contributed by atoms with Crippen molar-refractivity contribution in [3.05, 3.63) is 29.8 Å². The van der Waals surface area contributed by atoms with Gasteiger partial charge >= 0.3 is 5.97 Å². The van der Waals surface area contributed by atoms with E-state index in [1.54, 1.807) is 44.3 Å². The highest BCUT2D eigenvalue weighted by molar-refractivity contribution is 5.92. The molecule has 1 aromatic rings. The zero-order valence-electron chi connectivity index (χ0n) is 16.4. The fourth-order valence-electron chi connectivity index (χ4n) is 2.53. The van der Waals surface area contributed by atoms with Crippen molar-refractivity contribution in [1.29, 1.82) is 0 Å². The number of nitrogens with zero attached hydrogens (tertiary/aromatic N) is 1. The van der Waals surface area contributed by atoms with E-state index in [0.717, 1.165) is 5.56 Å². The minimum atomic E-state index is -0.378. The predicted octanol–water partition coefficient (Wildman–Crippen LogP) is 3.01. The SMILES string of the molecule is COC(=O)C(C)CN(CC(C)C)C(=O)/C=C/c1ccc(OC)c(OC)c1. The zero-order chi connectivity index (χ0) is 19.7. The summed E-state index contributed by atoms with van der Waals surface area (Å²) >= 11 is 0. The van der Waals surface area contributed by atoms with Crippen LogP contribution in [0, 0.1) is 11.8 Å². The van der Waals surface area contributed by atoms with Gasteiger partial charge in [-0.2, -0.15) is 0 Å². The van der Waals surface area contributed by atoms with E-state index in [9.17, 15) is 9.59 Å². The van der Waals surface area contributed by atoms with Crippen molar-refractivity contribution < 1.29 is 23.8 Å². The third-order valence-corrected chi connectivity index (χ3v) is 3.82. The van der Waals surface area contributed by atoms with E-state index in [2.05, 4.69) is 0 Å². The lowest BCUT2D eigenvalue weighted by Crippen LogP contribution is -2.38. The highest BCUT2D eigenvalue weighted by Gasteiger charge is 2.21. The summed E-state index contributed by atoms with van der Waals surface area (Å²) in [6.45, 7) is 6.70. The van der Waals surface area contributed by atoms with Gasteiger partial charge in [0.25, 0.3) is 0 Å². The van der Waals surface area contributed by atoms with E-state index in [1.165, 1.54) is 13.2 Å². The van der Waals surface area contributed by atoms with Gasteiger partial charge in [-0.05, 0) is 29.7 Å². The van der Waals surface area contributed by atoms with Crippen LogP contribution in [0.3, 0.4) is 0 Å². The Hall–Kier alpha value is -2.50. The molecule has 0 aliphatic carbocycles. The van der Waals surface area contributed by atoms with Gasteiger partial charge in [-0.3, -0.25) is 9.59 Å². The molecule has 6 nitrogen and oxygen atoms in total. The second-order valence-electron chi connectivity index (χ2n) is 6.51. The van der Waals surface area contributed by atoms with Crippen molar-refractivity contribution in [2.45, 2.75) is 20.8 Å². The number of hydrogen-bond acceptors (Lipinski definition) is 5. The molecule has 0 bridgehead atoms. The van der Waals surface area contributed by atoms with Crippen molar-refractivity contribution in [1.82, 2.24) is 4.90 Å². The zero-order valence-corrected chi connectivity index (χ0v) is 16.4. The van der Waals surface area contributed by atoms with Crippen LogP contribution in [0.4, 0.5) is 0 Å². The molecule has 0 N–H and O–H groups in total. The minimum absolute atomic E-state index is 0.149. The summed E-state index contributed by atoms with van der Waals surface area (Å²) in [4.78, 5) is 25.9. The highest BCUT2D eigenvalue weighted by atomic mass is 16.5. The summed E-state index contributed by atoms with van der Waals surface area (Å²) in [6.07, 6.45) is 3.23. The summed E-state index contributed by atoms with van der Waals surface area (Å²) in [6, 6.07) is 5.43. The van der Waals surface area contributed by atoms with Gasteiger partial charge in [0, 0.05) is 19.2 Å². The fourth-order valence-corrected chi connectivity index (χ4v) is 2.53. The summed E-state index contributed by atoms with van der Waals surface area (Å²) in [5.41, 5.74) is 0.821. The van der Waals surface area contributed by atoms with E-state index in [1.807, 2.05) is 19.9 Å². The molecular formula is C20H29NO5. The first kappa shape index (κ1) is 21.5. The molecule has 0 aliphatic rings. The molecule has 0 aromatic heterocycles. The lowest BCUT2D eigenvalue weighted by molar-refractivity contribution is -0.146. The Kier molecular flexibility index (Phi) is 8.68. The van der Waals surface area contributed by atoms with Crippen molar-refractivity contribution in [2.75, 3.05) is 34.4 Å². The predicted molar refractivity (Wildman–Crippen MR) is 101 cm³/mol. The van der Waals surface area contributed by atoms with Gasteiger partial charge in [0.15, 0.2) is 11.5 Å². The van der Waals surface area contributed by atoms with Crippen LogP contribution < -0.4 is 9.47 Å². The number of benzene rings is 1. The quantitative estimate of drug-likeness (QED) is 0.498. The smallest absolute Gasteiger partial charge is 0.310 e. The van der Waals surface area contributed by atoms with Crippen LogP contribution in [0.15, 0.2) is 24.3 Å². The van der Waals surface area contributed by atoms with Crippen LogP contribution in [-0.4, -0.2) is 51.2 Å². The molecule has 1 rings (SSSR count). The molecule has 0 aliphatic heterocycles. The Labute approximate surface area is 155 Å². The number of carbonyl (C=O) groups excluding carboxylic acids is 2. The Morgan fingerprint density at radius 3 is 2.23 bits per heavy atom. The molecule has 1 amide bonds. The molecule has 0 fully saturated rings. The van der Waals surface area contributed by atoms with Gasteiger partial charge in [-0.15, -0.1) is 0 Å². The lowest BCUT2D eigenvalue weighted by atomic mass is 10.1. The molecule has 0 spiro atoms. The summed E-state index contributed by atoms with van der Waals surface area (Å²) in [7, 11) is 4.49. The van der Waals surface area contributed by atoms with Crippen LogP contribution >= 0.6 is 0 Å². The van der Waals surface area contributed by atoms with Gasteiger partial charge in [-0.25, -0.2) is 0 Å². The molecule has 6 heteroatoms. The van der Waals surface area contributed by atoms with E-state index < -0.39 is 0 Å². The van der Waals surface area contributed by atoms with Crippen molar-refractivity contribution in [3.8, 4) is 11.5 Å². The minimum Gasteiger partial charge on any atom is -0.493 e. The van der Waals surface area contributed by atoms with Crippen LogP contribution in [0.5, 0.6) is 11.5 Å². The second kappa shape index (κ2) is 10.5. The van der Waals surface area contributed by atoms with Gasteiger partial charge < -0.3 is 19.1 Å². The van der Waals surface area contributed by atoms with Crippen LogP contribution in [-0.2, 0) is 14.3 Å². The van der Waals surface area contributed by atoms with Crippen LogP contribution in [0.25, 0.3) is 6.08 Å². The molecule has 144 valence electrons. The normalized spacial score (nSPS) is 12.1. The average Bonchev–Trinajstić information content (AvgIpc) is 2.63. The Morgan fingerprint density at radius 2 is 1.69 bits per heavy atom. The molecule has 0 radical (unpaired) electrons. The topological polar surface area (TPSA) is 65.1 Å². The average molecular weight is 363 g/mol. The number of rotatable bonds is 9. The van der Waals surface area contributed by atoms with E-state index in [-0.39, 0.29) is 17.8 Å². The van der Waals surface area contributed by atoms with Gasteiger partial charge in [0.1, 0.15) is 0 Å². The maximum atomic E-state index is 12.6. The first-order chi connectivity index (χ1) is 12.3.